The van der Waals surface area contributed by atoms with Gasteiger partial charge in [0.2, 0.25) is 5.91 Å². The van der Waals surface area contributed by atoms with Gasteiger partial charge in [-0.25, -0.2) is 0 Å². The number of amides is 2. The van der Waals surface area contributed by atoms with Crippen LogP contribution in [0.5, 0.6) is 0 Å². The van der Waals surface area contributed by atoms with Gasteiger partial charge in [0.05, 0.1) is 0 Å². The second-order valence-corrected chi connectivity index (χ2v) is 7.98. The molecule has 0 bridgehead atoms. The average molecular weight is 371 g/mol. The average Bonchev–Trinajstić information content (AvgIpc) is 3.28. The van der Waals surface area contributed by atoms with Crippen molar-refractivity contribution in [3.63, 3.8) is 0 Å². The molecule has 27 heavy (non-hydrogen) atoms. The maximum Gasteiger partial charge on any atom is 0.251 e. The summed E-state index contributed by atoms with van der Waals surface area (Å²) < 4.78 is 5.51. The fourth-order valence-electron chi connectivity index (χ4n) is 4.65. The Bertz CT molecular complexity index is 644. The van der Waals surface area contributed by atoms with E-state index in [0.717, 1.165) is 51.6 Å². The van der Waals surface area contributed by atoms with Crippen LogP contribution in [0.4, 0.5) is 0 Å². The van der Waals surface area contributed by atoms with Gasteiger partial charge in [0.25, 0.3) is 5.91 Å². The van der Waals surface area contributed by atoms with Crippen LogP contribution in [0, 0.1) is 5.92 Å². The van der Waals surface area contributed by atoms with Gasteiger partial charge in [-0.1, -0.05) is 0 Å². The largest absolute Gasteiger partial charge is 0.368 e. The van der Waals surface area contributed by atoms with Crippen molar-refractivity contribution < 1.29 is 14.3 Å². The standard InChI is InChI=1S/C21H29N3O3/c25-20(23-11-5-17(6-12-23)16-3-9-22-10-4-16)18-7-13-24(14-8-18)21(26)19-2-1-15-27-19/h3-4,9-10,17-19H,1-2,5-8,11-15H2/t19-/m0/s1. The van der Waals surface area contributed by atoms with Crippen LogP contribution in [0.25, 0.3) is 0 Å². The molecule has 0 spiro atoms. The van der Waals surface area contributed by atoms with Gasteiger partial charge in [-0.2, -0.15) is 0 Å². The number of likely N-dealkylation sites (tertiary alicyclic amines) is 2. The zero-order valence-corrected chi connectivity index (χ0v) is 15.9. The Morgan fingerprint density at radius 3 is 2.15 bits per heavy atom. The number of pyridine rings is 1. The van der Waals surface area contributed by atoms with Crippen molar-refractivity contribution in [2.45, 2.75) is 50.5 Å². The Morgan fingerprint density at radius 1 is 0.889 bits per heavy atom. The highest BCUT2D eigenvalue weighted by Crippen LogP contribution is 2.30. The number of nitrogens with zero attached hydrogens (tertiary/aromatic N) is 3. The molecule has 0 aliphatic carbocycles. The molecule has 0 saturated carbocycles. The number of ether oxygens (including phenoxy) is 1. The van der Waals surface area contributed by atoms with Gasteiger partial charge in [0.1, 0.15) is 6.10 Å². The third-order valence-corrected chi connectivity index (χ3v) is 6.35. The lowest BCUT2D eigenvalue weighted by Crippen LogP contribution is -2.48. The maximum atomic E-state index is 12.9. The van der Waals surface area contributed by atoms with Crippen molar-refractivity contribution in [1.82, 2.24) is 14.8 Å². The molecule has 146 valence electrons. The Morgan fingerprint density at radius 2 is 1.52 bits per heavy atom. The molecule has 0 aromatic carbocycles. The van der Waals surface area contributed by atoms with Gasteiger partial charge in [0.15, 0.2) is 0 Å². The molecule has 1 atom stereocenters. The summed E-state index contributed by atoms with van der Waals surface area (Å²) in [6, 6.07) is 4.17. The van der Waals surface area contributed by atoms with Crippen molar-refractivity contribution >= 4 is 11.8 Å². The van der Waals surface area contributed by atoms with Gasteiger partial charge in [-0.3, -0.25) is 14.6 Å². The van der Waals surface area contributed by atoms with Crippen LogP contribution in [0.15, 0.2) is 24.5 Å². The number of rotatable bonds is 3. The summed E-state index contributed by atoms with van der Waals surface area (Å²) in [6.07, 6.45) is 8.85. The summed E-state index contributed by atoms with van der Waals surface area (Å²) in [5, 5.41) is 0. The minimum absolute atomic E-state index is 0.0658. The molecular formula is C21H29N3O3. The van der Waals surface area contributed by atoms with Crippen LogP contribution in [0.3, 0.4) is 0 Å². The molecule has 2 amide bonds. The Labute approximate surface area is 160 Å². The Balaban J connectivity index is 1.24. The predicted octanol–water partition coefficient (Wildman–Crippen LogP) is 2.21. The maximum absolute atomic E-state index is 12.9. The van der Waals surface area contributed by atoms with E-state index in [1.165, 1.54) is 5.56 Å². The molecule has 3 saturated heterocycles. The van der Waals surface area contributed by atoms with Crippen LogP contribution >= 0.6 is 0 Å². The zero-order valence-electron chi connectivity index (χ0n) is 15.9. The predicted molar refractivity (Wildman–Crippen MR) is 101 cm³/mol. The van der Waals surface area contributed by atoms with E-state index in [1.807, 2.05) is 22.2 Å². The molecule has 0 unspecified atom stereocenters. The van der Waals surface area contributed by atoms with Crippen molar-refractivity contribution in [2.75, 3.05) is 32.8 Å². The summed E-state index contributed by atoms with van der Waals surface area (Å²) >= 11 is 0. The van der Waals surface area contributed by atoms with E-state index < -0.39 is 0 Å². The quantitative estimate of drug-likeness (QED) is 0.817. The molecule has 6 heteroatoms. The molecule has 6 nitrogen and oxygen atoms in total. The highest BCUT2D eigenvalue weighted by molar-refractivity contribution is 5.82. The number of carbonyl (C=O) groups excluding carboxylic acids is 2. The number of hydrogen-bond donors (Lipinski definition) is 0. The number of piperidine rings is 2. The molecule has 3 aliphatic heterocycles. The summed E-state index contributed by atoms with van der Waals surface area (Å²) in [5.41, 5.74) is 1.33. The third-order valence-electron chi connectivity index (χ3n) is 6.35. The lowest BCUT2D eigenvalue weighted by Gasteiger charge is -2.37. The number of carbonyl (C=O) groups is 2. The van der Waals surface area contributed by atoms with Crippen LogP contribution in [-0.4, -0.2) is 65.5 Å². The first-order valence-electron chi connectivity index (χ1n) is 10.3. The van der Waals surface area contributed by atoms with E-state index in [2.05, 4.69) is 17.1 Å². The van der Waals surface area contributed by atoms with Crippen molar-refractivity contribution in [2.24, 2.45) is 5.92 Å². The molecule has 0 radical (unpaired) electrons. The highest BCUT2D eigenvalue weighted by Gasteiger charge is 2.35. The molecule has 1 aromatic rings. The summed E-state index contributed by atoms with van der Waals surface area (Å²) in [4.78, 5) is 33.4. The molecule has 4 rings (SSSR count). The van der Waals surface area contributed by atoms with E-state index in [-0.39, 0.29) is 23.8 Å². The molecule has 0 N–H and O–H groups in total. The topological polar surface area (TPSA) is 62.7 Å². The fraction of sp³-hybridized carbons (Fsp3) is 0.667. The second kappa shape index (κ2) is 8.38. The van der Waals surface area contributed by atoms with E-state index >= 15 is 0 Å². The van der Waals surface area contributed by atoms with E-state index in [9.17, 15) is 9.59 Å². The van der Waals surface area contributed by atoms with Crippen LogP contribution in [0.1, 0.15) is 50.0 Å². The van der Waals surface area contributed by atoms with Gasteiger partial charge < -0.3 is 14.5 Å². The first-order valence-corrected chi connectivity index (χ1v) is 10.3. The van der Waals surface area contributed by atoms with Crippen molar-refractivity contribution in [3.8, 4) is 0 Å². The lowest BCUT2D eigenvalue weighted by atomic mass is 9.88. The van der Waals surface area contributed by atoms with E-state index in [0.29, 0.717) is 25.6 Å². The molecular weight excluding hydrogens is 342 g/mol. The van der Waals surface area contributed by atoms with Gasteiger partial charge in [-0.15, -0.1) is 0 Å². The van der Waals surface area contributed by atoms with Crippen LogP contribution < -0.4 is 0 Å². The summed E-state index contributed by atoms with van der Waals surface area (Å²) in [6.45, 7) is 3.73. The number of hydrogen-bond acceptors (Lipinski definition) is 4. The van der Waals surface area contributed by atoms with E-state index in [1.54, 1.807) is 0 Å². The van der Waals surface area contributed by atoms with Gasteiger partial charge in [0, 0.05) is 51.1 Å². The third kappa shape index (κ3) is 4.15. The molecule has 1 aromatic heterocycles. The molecule has 4 heterocycles. The van der Waals surface area contributed by atoms with Crippen LogP contribution in [-0.2, 0) is 14.3 Å². The fourth-order valence-corrected chi connectivity index (χ4v) is 4.65. The second-order valence-electron chi connectivity index (χ2n) is 7.98. The Kier molecular flexibility index (Phi) is 5.72. The first kappa shape index (κ1) is 18.4. The normalized spacial score (nSPS) is 25.0. The lowest BCUT2D eigenvalue weighted by molar-refractivity contribution is -0.146. The summed E-state index contributed by atoms with van der Waals surface area (Å²) in [7, 11) is 0. The first-order chi connectivity index (χ1) is 13.2. The molecule has 3 fully saturated rings. The smallest absolute Gasteiger partial charge is 0.251 e. The molecule has 3 aliphatic rings. The monoisotopic (exact) mass is 371 g/mol. The van der Waals surface area contributed by atoms with Crippen molar-refractivity contribution in [1.29, 1.82) is 0 Å². The zero-order chi connectivity index (χ0) is 18.6. The SMILES string of the molecule is O=C(C1CCN(C(=O)[C@@H]2CCCO2)CC1)N1CCC(c2ccncc2)CC1. The highest BCUT2D eigenvalue weighted by atomic mass is 16.5. The minimum atomic E-state index is -0.246. The van der Waals surface area contributed by atoms with Gasteiger partial charge in [-0.05, 0) is 62.1 Å². The summed E-state index contributed by atoms with van der Waals surface area (Å²) in [5.74, 6) is 1.00. The Hall–Kier alpha value is -1.95. The van der Waals surface area contributed by atoms with Crippen molar-refractivity contribution in [3.05, 3.63) is 30.1 Å². The number of aromatic nitrogens is 1. The van der Waals surface area contributed by atoms with Crippen LogP contribution in [0.2, 0.25) is 0 Å². The van der Waals surface area contributed by atoms with Gasteiger partial charge >= 0.3 is 0 Å². The minimum Gasteiger partial charge on any atom is -0.368 e. The van der Waals surface area contributed by atoms with E-state index in [4.69, 9.17) is 4.74 Å².